The highest BCUT2D eigenvalue weighted by Crippen LogP contribution is 2.25. The Labute approximate surface area is 142 Å². The molecule has 4 heteroatoms. The zero-order chi connectivity index (χ0) is 14.8. The summed E-state index contributed by atoms with van der Waals surface area (Å²) in [5.41, 5.74) is 4.51. The minimum absolute atomic E-state index is 0.726. The maximum absolute atomic E-state index is 6.22. The summed E-state index contributed by atoms with van der Waals surface area (Å²) in [4.78, 5) is 4.46. The Kier molecular flexibility index (Phi) is 4.31. The van der Waals surface area contributed by atoms with E-state index in [-0.39, 0.29) is 0 Å². The topological polar surface area (TPSA) is 24.9 Å². The quantitative estimate of drug-likeness (QED) is 0.586. The first-order valence-electron chi connectivity index (χ1n) is 6.67. The van der Waals surface area contributed by atoms with E-state index in [9.17, 15) is 0 Å². The highest BCUT2D eigenvalue weighted by molar-refractivity contribution is 14.1. The monoisotopic (exact) mass is 408 g/mol. The SMILES string of the molecule is Cc1ccc(NCc2ccc(Cl)c3cccnc23)cc1I. The predicted octanol–water partition coefficient (Wildman–Crippen LogP) is 5.41. The van der Waals surface area contributed by atoms with Gasteiger partial charge in [0.15, 0.2) is 0 Å². The van der Waals surface area contributed by atoms with E-state index in [1.165, 1.54) is 9.13 Å². The van der Waals surface area contributed by atoms with Gasteiger partial charge in [-0.2, -0.15) is 0 Å². The van der Waals surface area contributed by atoms with Gasteiger partial charge >= 0.3 is 0 Å². The molecule has 0 fully saturated rings. The van der Waals surface area contributed by atoms with E-state index in [0.717, 1.165) is 33.7 Å². The molecule has 0 saturated heterocycles. The Morgan fingerprint density at radius 2 is 2.05 bits per heavy atom. The van der Waals surface area contributed by atoms with E-state index in [2.05, 4.69) is 58.0 Å². The lowest BCUT2D eigenvalue weighted by Crippen LogP contribution is -2.01. The Balaban J connectivity index is 1.88. The summed E-state index contributed by atoms with van der Waals surface area (Å²) in [6.45, 7) is 2.84. The van der Waals surface area contributed by atoms with E-state index in [1.807, 2.05) is 24.3 Å². The smallest absolute Gasteiger partial charge is 0.0766 e. The first kappa shape index (κ1) is 14.6. The maximum Gasteiger partial charge on any atom is 0.0766 e. The third kappa shape index (κ3) is 3.14. The molecule has 1 N–H and O–H groups in total. The van der Waals surface area contributed by atoms with Crippen LogP contribution in [0.4, 0.5) is 5.69 Å². The molecular weight excluding hydrogens is 395 g/mol. The van der Waals surface area contributed by atoms with E-state index < -0.39 is 0 Å². The van der Waals surface area contributed by atoms with Gasteiger partial charge in [-0.25, -0.2) is 0 Å². The third-order valence-corrected chi connectivity index (χ3v) is 4.95. The Morgan fingerprint density at radius 3 is 2.86 bits per heavy atom. The lowest BCUT2D eigenvalue weighted by molar-refractivity contribution is 1.15. The van der Waals surface area contributed by atoms with Crippen LogP contribution in [0.3, 0.4) is 0 Å². The van der Waals surface area contributed by atoms with Crippen molar-refractivity contribution < 1.29 is 0 Å². The van der Waals surface area contributed by atoms with E-state index in [0.29, 0.717) is 0 Å². The number of pyridine rings is 1. The molecule has 0 amide bonds. The molecular formula is C17H14ClIN2. The molecule has 0 radical (unpaired) electrons. The van der Waals surface area contributed by atoms with Crippen LogP contribution in [0.2, 0.25) is 5.02 Å². The van der Waals surface area contributed by atoms with Crippen molar-refractivity contribution in [2.45, 2.75) is 13.5 Å². The number of hydrogen-bond acceptors (Lipinski definition) is 2. The zero-order valence-electron chi connectivity index (χ0n) is 11.5. The second kappa shape index (κ2) is 6.20. The van der Waals surface area contributed by atoms with Gasteiger partial charge in [0.25, 0.3) is 0 Å². The molecule has 0 saturated carbocycles. The van der Waals surface area contributed by atoms with Gasteiger partial charge in [-0.05, 0) is 71.0 Å². The second-order valence-corrected chi connectivity index (χ2v) is 6.49. The number of nitrogens with zero attached hydrogens (tertiary/aromatic N) is 1. The minimum Gasteiger partial charge on any atom is -0.381 e. The van der Waals surface area contributed by atoms with E-state index in [4.69, 9.17) is 11.6 Å². The van der Waals surface area contributed by atoms with Gasteiger partial charge in [-0.15, -0.1) is 0 Å². The number of fused-ring (bicyclic) bond motifs is 1. The summed E-state index contributed by atoms with van der Waals surface area (Å²) in [7, 11) is 0. The van der Waals surface area contributed by atoms with Crippen molar-refractivity contribution in [2.75, 3.05) is 5.32 Å². The fourth-order valence-corrected chi connectivity index (χ4v) is 2.97. The van der Waals surface area contributed by atoms with Crippen molar-refractivity contribution in [1.82, 2.24) is 4.98 Å². The number of anilines is 1. The van der Waals surface area contributed by atoms with Crippen LogP contribution in [0.25, 0.3) is 10.9 Å². The lowest BCUT2D eigenvalue weighted by Gasteiger charge is -2.10. The number of halogens is 2. The van der Waals surface area contributed by atoms with Crippen molar-refractivity contribution >= 4 is 50.8 Å². The number of hydrogen-bond donors (Lipinski definition) is 1. The minimum atomic E-state index is 0.726. The second-order valence-electron chi connectivity index (χ2n) is 4.92. The lowest BCUT2D eigenvalue weighted by atomic mass is 10.1. The number of nitrogens with one attached hydrogen (secondary N) is 1. The van der Waals surface area contributed by atoms with Crippen LogP contribution in [0.5, 0.6) is 0 Å². The first-order chi connectivity index (χ1) is 10.1. The molecule has 1 aromatic heterocycles. The number of benzene rings is 2. The van der Waals surface area contributed by atoms with Crippen LogP contribution < -0.4 is 5.32 Å². The normalized spacial score (nSPS) is 10.8. The maximum atomic E-state index is 6.22. The third-order valence-electron chi connectivity index (χ3n) is 3.45. The summed E-state index contributed by atoms with van der Waals surface area (Å²) >= 11 is 8.58. The summed E-state index contributed by atoms with van der Waals surface area (Å²) in [6, 6.07) is 14.3. The molecule has 0 aliphatic carbocycles. The Morgan fingerprint density at radius 1 is 1.19 bits per heavy atom. The van der Waals surface area contributed by atoms with E-state index >= 15 is 0 Å². The van der Waals surface area contributed by atoms with Gasteiger partial charge in [0.2, 0.25) is 0 Å². The number of rotatable bonds is 3. The largest absolute Gasteiger partial charge is 0.381 e. The van der Waals surface area contributed by atoms with Crippen molar-refractivity contribution in [3.63, 3.8) is 0 Å². The average Bonchev–Trinajstić information content (AvgIpc) is 2.50. The first-order valence-corrected chi connectivity index (χ1v) is 8.13. The fraction of sp³-hybridized carbons (Fsp3) is 0.118. The molecule has 1 heterocycles. The highest BCUT2D eigenvalue weighted by atomic mass is 127. The van der Waals surface area contributed by atoms with Crippen molar-refractivity contribution in [2.24, 2.45) is 0 Å². The molecule has 0 spiro atoms. The van der Waals surface area contributed by atoms with Crippen LogP contribution >= 0.6 is 34.2 Å². The standard InChI is InChI=1S/C17H14ClIN2/c1-11-4-6-13(9-16(11)19)21-10-12-5-7-15(18)14-3-2-8-20-17(12)14/h2-9,21H,10H2,1H3. The molecule has 3 rings (SSSR count). The molecule has 2 aromatic carbocycles. The van der Waals surface area contributed by atoms with Crippen molar-refractivity contribution in [1.29, 1.82) is 0 Å². The summed E-state index contributed by atoms with van der Waals surface area (Å²) in [6.07, 6.45) is 1.80. The van der Waals surface area contributed by atoms with Crippen LogP contribution in [0.15, 0.2) is 48.7 Å². The van der Waals surface area contributed by atoms with Crippen molar-refractivity contribution in [3.8, 4) is 0 Å². The molecule has 0 aliphatic heterocycles. The Hall–Kier alpha value is -1.33. The van der Waals surface area contributed by atoms with Crippen molar-refractivity contribution in [3.05, 3.63) is 68.4 Å². The Bertz CT molecular complexity index is 802. The summed E-state index contributed by atoms with van der Waals surface area (Å²) < 4.78 is 1.26. The van der Waals surface area contributed by atoms with Gasteiger partial charge in [-0.3, -0.25) is 4.98 Å². The highest BCUT2D eigenvalue weighted by Gasteiger charge is 2.06. The molecule has 0 bridgehead atoms. The van der Waals surface area contributed by atoms with Crippen LogP contribution in [0, 0.1) is 10.5 Å². The number of aryl methyl sites for hydroxylation is 1. The molecule has 106 valence electrons. The number of aromatic nitrogens is 1. The van der Waals surface area contributed by atoms with E-state index in [1.54, 1.807) is 6.20 Å². The van der Waals surface area contributed by atoms with Gasteiger partial charge in [0, 0.05) is 32.4 Å². The predicted molar refractivity (Wildman–Crippen MR) is 98.0 cm³/mol. The van der Waals surface area contributed by atoms with Crippen LogP contribution in [-0.4, -0.2) is 4.98 Å². The summed E-state index contributed by atoms with van der Waals surface area (Å²) in [5.74, 6) is 0. The molecule has 0 aliphatic rings. The fourth-order valence-electron chi connectivity index (χ4n) is 2.24. The average molecular weight is 409 g/mol. The van der Waals surface area contributed by atoms with Gasteiger partial charge < -0.3 is 5.32 Å². The molecule has 3 aromatic rings. The molecule has 0 atom stereocenters. The molecule has 21 heavy (non-hydrogen) atoms. The van der Waals surface area contributed by atoms with Gasteiger partial charge in [0.1, 0.15) is 0 Å². The van der Waals surface area contributed by atoms with Gasteiger partial charge in [-0.1, -0.05) is 23.7 Å². The molecule has 0 unspecified atom stereocenters. The molecule has 2 nitrogen and oxygen atoms in total. The summed E-state index contributed by atoms with van der Waals surface area (Å²) in [5, 5.41) is 5.19. The van der Waals surface area contributed by atoms with Gasteiger partial charge in [0.05, 0.1) is 5.52 Å². The zero-order valence-corrected chi connectivity index (χ0v) is 14.4. The van der Waals surface area contributed by atoms with Crippen LogP contribution in [-0.2, 0) is 6.54 Å². The van der Waals surface area contributed by atoms with Crippen LogP contribution in [0.1, 0.15) is 11.1 Å².